The molecule has 0 atom stereocenters. The van der Waals surface area contributed by atoms with E-state index in [4.69, 9.17) is 0 Å². The number of nitrogens with zero attached hydrogens (tertiary/aromatic N) is 2. The van der Waals surface area contributed by atoms with Crippen LogP contribution in [-0.4, -0.2) is 43.6 Å². The molecule has 0 bridgehead atoms. The Labute approximate surface area is 106 Å². The molecule has 0 aliphatic heterocycles. The fourth-order valence-electron chi connectivity index (χ4n) is 1.77. The molecular weight excluding hydrogens is 208 g/mol. The van der Waals surface area contributed by atoms with E-state index in [1.54, 1.807) is 0 Å². The lowest BCUT2D eigenvalue weighted by molar-refractivity contribution is -0.924. The van der Waals surface area contributed by atoms with Gasteiger partial charge in [0.2, 0.25) is 0 Å². The summed E-state index contributed by atoms with van der Waals surface area (Å²) in [6.07, 6.45) is 0. The molecule has 1 rings (SSSR count). The maximum atomic E-state index is 2.29. The molecule has 0 N–H and O–H groups in total. The van der Waals surface area contributed by atoms with E-state index in [0.29, 0.717) is 6.04 Å². The van der Waals surface area contributed by atoms with E-state index in [0.717, 1.165) is 17.6 Å². The molecular formula is C15H27N2+. The Balaban J connectivity index is 2.68. The molecule has 0 aromatic heterocycles. The molecule has 0 spiro atoms. The van der Waals surface area contributed by atoms with Gasteiger partial charge >= 0.3 is 0 Å². The van der Waals surface area contributed by atoms with Gasteiger partial charge in [0, 0.05) is 12.1 Å². The standard InChI is InChI=1S/C15H27N2/c1-13(2)17(5,6)12-15-9-7-14(8-10-15)11-16(3)4/h7-10,13H,11-12H2,1-6H3/q+1. The van der Waals surface area contributed by atoms with Crippen molar-refractivity contribution >= 4 is 0 Å². The molecule has 0 amide bonds. The monoisotopic (exact) mass is 235 g/mol. The van der Waals surface area contributed by atoms with Gasteiger partial charge in [-0.05, 0) is 33.5 Å². The fraction of sp³-hybridized carbons (Fsp3) is 0.600. The summed E-state index contributed by atoms with van der Waals surface area (Å²) in [6.45, 7) is 6.67. The second-order valence-corrected chi connectivity index (χ2v) is 6.08. The van der Waals surface area contributed by atoms with Crippen molar-refractivity contribution in [3.8, 4) is 0 Å². The van der Waals surface area contributed by atoms with Crippen molar-refractivity contribution in [2.45, 2.75) is 33.0 Å². The molecule has 0 aliphatic rings. The molecule has 0 aliphatic carbocycles. The maximum Gasteiger partial charge on any atom is 0.104 e. The molecule has 0 saturated heterocycles. The molecule has 0 fully saturated rings. The summed E-state index contributed by atoms with van der Waals surface area (Å²) in [5.74, 6) is 0. The van der Waals surface area contributed by atoms with Crippen molar-refractivity contribution < 1.29 is 4.48 Å². The zero-order chi connectivity index (χ0) is 13.1. The lowest BCUT2D eigenvalue weighted by Gasteiger charge is -2.34. The highest BCUT2D eigenvalue weighted by atomic mass is 15.3. The summed E-state index contributed by atoms with van der Waals surface area (Å²) >= 11 is 0. The van der Waals surface area contributed by atoms with Gasteiger partial charge in [-0.25, -0.2) is 0 Å². The Morgan fingerprint density at radius 1 is 1.00 bits per heavy atom. The molecule has 0 saturated carbocycles. The topological polar surface area (TPSA) is 3.24 Å². The minimum atomic E-state index is 0.649. The summed E-state index contributed by atoms with van der Waals surface area (Å²) in [4.78, 5) is 2.20. The van der Waals surface area contributed by atoms with Crippen LogP contribution < -0.4 is 0 Å². The van der Waals surface area contributed by atoms with Crippen molar-refractivity contribution in [1.29, 1.82) is 0 Å². The van der Waals surface area contributed by atoms with Gasteiger partial charge in [0.15, 0.2) is 0 Å². The van der Waals surface area contributed by atoms with E-state index in [1.807, 2.05) is 0 Å². The number of hydrogen-bond donors (Lipinski definition) is 0. The summed E-state index contributed by atoms with van der Waals surface area (Å²) in [5, 5.41) is 0. The highest BCUT2D eigenvalue weighted by Gasteiger charge is 2.19. The number of quaternary nitrogens is 1. The van der Waals surface area contributed by atoms with E-state index in [2.05, 4.69) is 71.2 Å². The first-order chi connectivity index (χ1) is 7.81. The third-order valence-corrected chi connectivity index (χ3v) is 3.51. The second kappa shape index (κ2) is 5.65. The van der Waals surface area contributed by atoms with Crippen LogP contribution in [0.1, 0.15) is 25.0 Å². The Bertz CT molecular complexity index is 336. The SMILES string of the molecule is CC(C)[N+](C)(C)Cc1ccc(CN(C)C)cc1. The molecule has 96 valence electrons. The summed E-state index contributed by atoms with van der Waals surface area (Å²) in [7, 11) is 8.79. The minimum Gasteiger partial charge on any atom is -0.323 e. The van der Waals surface area contributed by atoms with E-state index in [-0.39, 0.29) is 0 Å². The van der Waals surface area contributed by atoms with Crippen LogP contribution in [0.15, 0.2) is 24.3 Å². The van der Waals surface area contributed by atoms with Crippen LogP contribution >= 0.6 is 0 Å². The molecule has 0 radical (unpaired) electrons. The third-order valence-electron chi connectivity index (χ3n) is 3.51. The Kier molecular flexibility index (Phi) is 4.72. The van der Waals surface area contributed by atoms with E-state index >= 15 is 0 Å². The van der Waals surface area contributed by atoms with Crippen molar-refractivity contribution in [1.82, 2.24) is 4.90 Å². The van der Waals surface area contributed by atoms with Crippen LogP contribution in [0.3, 0.4) is 0 Å². The predicted octanol–water partition coefficient (Wildman–Crippen LogP) is 2.73. The number of rotatable bonds is 5. The van der Waals surface area contributed by atoms with Crippen LogP contribution in [0, 0.1) is 0 Å². The van der Waals surface area contributed by atoms with Gasteiger partial charge in [0.05, 0.1) is 20.1 Å². The fourth-order valence-corrected chi connectivity index (χ4v) is 1.77. The van der Waals surface area contributed by atoms with E-state index in [9.17, 15) is 0 Å². The maximum absolute atomic E-state index is 2.29. The van der Waals surface area contributed by atoms with Gasteiger partial charge in [-0.15, -0.1) is 0 Å². The van der Waals surface area contributed by atoms with E-state index in [1.165, 1.54) is 11.1 Å². The average Bonchev–Trinajstić information content (AvgIpc) is 2.19. The molecule has 2 nitrogen and oxygen atoms in total. The number of hydrogen-bond acceptors (Lipinski definition) is 1. The first-order valence-electron chi connectivity index (χ1n) is 6.36. The highest BCUT2D eigenvalue weighted by molar-refractivity contribution is 5.21. The highest BCUT2D eigenvalue weighted by Crippen LogP contribution is 2.14. The van der Waals surface area contributed by atoms with Gasteiger partial charge in [-0.3, -0.25) is 0 Å². The molecule has 1 aromatic carbocycles. The normalized spacial score (nSPS) is 12.5. The molecule has 0 unspecified atom stereocenters. The number of benzene rings is 1. The second-order valence-electron chi connectivity index (χ2n) is 6.08. The van der Waals surface area contributed by atoms with E-state index < -0.39 is 0 Å². The average molecular weight is 235 g/mol. The lowest BCUT2D eigenvalue weighted by Crippen LogP contribution is -2.44. The largest absolute Gasteiger partial charge is 0.323 e. The summed E-state index contributed by atoms with van der Waals surface area (Å²) in [5.41, 5.74) is 2.81. The van der Waals surface area contributed by atoms with Crippen molar-refractivity contribution in [2.75, 3.05) is 28.2 Å². The van der Waals surface area contributed by atoms with Crippen LogP contribution in [0.25, 0.3) is 0 Å². The van der Waals surface area contributed by atoms with Gasteiger partial charge in [-0.1, -0.05) is 24.3 Å². The quantitative estimate of drug-likeness (QED) is 0.709. The Morgan fingerprint density at radius 2 is 1.47 bits per heavy atom. The zero-order valence-electron chi connectivity index (χ0n) is 12.2. The lowest BCUT2D eigenvalue weighted by atomic mass is 10.1. The Hall–Kier alpha value is -0.860. The van der Waals surface area contributed by atoms with Gasteiger partial charge < -0.3 is 9.38 Å². The van der Waals surface area contributed by atoms with Crippen LogP contribution in [0.4, 0.5) is 0 Å². The summed E-state index contributed by atoms with van der Waals surface area (Å²) in [6, 6.07) is 9.67. The zero-order valence-corrected chi connectivity index (χ0v) is 12.2. The predicted molar refractivity (Wildman–Crippen MR) is 74.8 cm³/mol. The van der Waals surface area contributed by atoms with Crippen LogP contribution in [0.2, 0.25) is 0 Å². The first kappa shape index (κ1) is 14.2. The van der Waals surface area contributed by atoms with Crippen molar-refractivity contribution in [3.05, 3.63) is 35.4 Å². The molecule has 2 heteroatoms. The van der Waals surface area contributed by atoms with Crippen molar-refractivity contribution in [2.24, 2.45) is 0 Å². The summed E-state index contributed by atoms with van der Waals surface area (Å²) < 4.78 is 1.03. The van der Waals surface area contributed by atoms with Gasteiger partial charge in [0.1, 0.15) is 6.54 Å². The molecule has 0 heterocycles. The van der Waals surface area contributed by atoms with Gasteiger partial charge in [0.25, 0.3) is 0 Å². The van der Waals surface area contributed by atoms with Crippen molar-refractivity contribution in [3.63, 3.8) is 0 Å². The smallest absolute Gasteiger partial charge is 0.104 e. The minimum absolute atomic E-state index is 0.649. The third kappa shape index (κ3) is 4.49. The molecule has 1 aromatic rings. The Morgan fingerprint density at radius 3 is 1.88 bits per heavy atom. The first-order valence-corrected chi connectivity index (χ1v) is 6.36. The molecule has 17 heavy (non-hydrogen) atoms. The van der Waals surface area contributed by atoms with Crippen LogP contribution in [0.5, 0.6) is 0 Å². The van der Waals surface area contributed by atoms with Gasteiger partial charge in [-0.2, -0.15) is 0 Å². The van der Waals surface area contributed by atoms with Crippen LogP contribution in [-0.2, 0) is 13.1 Å².